The Labute approximate surface area is 134 Å². The van der Waals surface area contributed by atoms with Crippen molar-refractivity contribution in [1.29, 1.82) is 0 Å². The van der Waals surface area contributed by atoms with Gasteiger partial charge in [-0.1, -0.05) is 12.1 Å². The maximum absolute atomic E-state index is 12.8. The van der Waals surface area contributed by atoms with Crippen LogP contribution in [0.3, 0.4) is 0 Å². The number of hydrogen-bond donors (Lipinski definition) is 1. The van der Waals surface area contributed by atoms with Gasteiger partial charge >= 0.3 is 6.18 Å². The largest absolute Gasteiger partial charge is 0.435 e. The number of rotatable bonds is 4. The first-order valence-corrected chi connectivity index (χ1v) is 6.73. The van der Waals surface area contributed by atoms with Gasteiger partial charge in [-0.2, -0.15) is 18.3 Å². The lowest BCUT2D eigenvalue weighted by atomic mass is 10.1. The van der Waals surface area contributed by atoms with E-state index in [0.717, 1.165) is 4.68 Å². The first-order chi connectivity index (χ1) is 11.1. The number of alkyl halides is 3. The third-order valence-corrected chi connectivity index (χ3v) is 3.30. The van der Waals surface area contributed by atoms with E-state index in [-0.39, 0.29) is 23.5 Å². The molecule has 0 fully saturated rings. The number of hydrogen-bond acceptors (Lipinski definition) is 4. The number of nitro groups is 1. The Morgan fingerprint density at radius 2 is 2.08 bits per heavy atom. The first-order valence-electron chi connectivity index (χ1n) is 6.73. The molecule has 24 heavy (non-hydrogen) atoms. The van der Waals surface area contributed by atoms with Crippen molar-refractivity contribution in [2.45, 2.75) is 19.5 Å². The van der Waals surface area contributed by atoms with Crippen LogP contribution in [0.15, 0.2) is 24.3 Å². The van der Waals surface area contributed by atoms with Crippen LogP contribution in [-0.4, -0.2) is 20.6 Å². The topological polar surface area (TPSA) is 90.1 Å². The number of nitro benzene ring substituents is 1. The van der Waals surface area contributed by atoms with Crippen LogP contribution in [0, 0.1) is 17.0 Å². The van der Waals surface area contributed by atoms with Crippen LogP contribution in [-0.2, 0) is 24.4 Å². The van der Waals surface area contributed by atoms with E-state index >= 15 is 0 Å². The van der Waals surface area contributed by atoms with E-state index in [2.05, 4.69) is 10.4 Å². The maximum Gasteiger partial charge on any atom is 0.435 e. The Kier molecular flexibility index (Phi) is 4.58. The van der Waals surface area contributed by atoms with Crippen molar-refractivity contribution < 1.29 is 22.9 Å². The van der Waals surface area contributed by atoms with Crippen LogP contribution in [0.2, 0.25) is 0 Å². The Hall–Kier alpha value is -2.91. The van der Waals surface area contributed by atoms with E-state index in [9.17, 15) is 28.1 Å². The molecule has 0 bridgehead atoms. The van der Waals surface area contributed by atoms with Crippen molar-refractivity contribution in [1.82, 2.24) is 9.78 Å². The zero-order chi connectivity index (χ0) is 18.1. The number of benzene rings is 1. The summed E-state index contributed by atoms with van der Waals surface area (Å²) in [6.45, 7) is 1.21. The van der Waals surface area contributed by atoms with E-state index < -0.39 is 22.7 Å². The molecule has 2 rings (SSSR count). The number of nitrogens with one attached hydrogen (secondary N) is 1. The quantitative estimate of drug-likeness (QED) is 0.683. The monoisotopic (exact) mass is 342 g/mol. The lowest BCUT2D eigenvalue weighted by Gasteiger charge is -2.07. The van der Waals surface area contributed by atoms with Crippen LogP contribution in [0.4, 0.5) is 24.7 Å². The van der Waals surface area contributed by atoms with Crippen LogP contribution < -0.4 is 5.32 Å². The second-order valence-electron chi connectivity index (χ2n) is 5.10. The van der Waals surface area contributed by atoms with Crippen LogP contribution in [0.25, 0.3) is 0 Å². The molecule has 0 atom stereocenters. The molecule has 2 aromatic rings. The average molecular weight is 342 g/mol. The zero-order valence-electron chi connectivity index (χ0n) is 12.7. The van der Waals surface area contributed by atoms with E-state index in [1.807, 2.05) is 0 Å². The molecule has 0 aliphatic heterocycles. The van der Waals surface area contributed by atoms with Crippen molar-refractivity contribution in [3.05, 3.63) is 51.2 Å². The summed E-state index contributed by atoms with van der Waals surface area (Å²) < 4.78 is 39.3. The van der Waals surface area contributed by atoms with Crippen molar-refractivity contribution in [3.8, 4) is 0 Å². The molecule has 1 amide bonds. The predicted octanol–water partition coefficient (Wildman–Crippen LogP) is 2.84. The minimum Gasteiger partial charge on any atom is -0.310 e. The van der Waals surface area contributed by atoms with Gasteiger partial charge in [0, 0.05) is 24.7 Å². The summed E-state index contributed by atoms with van der Waals surface area (Å²) in [7, 11) is 1.28. The van der Waals surface area contributed by atoms with Crippen LogP contribution in [0.5, 0.6) is 0 Å². The third kappa shape index (κ3) is 3.70. The molecule has 10 heteroatoms. The number of aryl methyl sites for hydroxylation is 1. The number of carbonyl (C=O) groups excluding carboxylic acids is 1. The minimum absolute atomic E-state index is 0.0715. The highest BCUT2D eigenvalue weighted by Gasteiger charge is 2.37. The molecule has 1 heterocycles. The molecule has 7 nitrogen and oxygen atoms in total. The first kappa shape index (κ1) is 17.4. The maximum atomic E-state index is 12.8. The van der Waals surface area contributed by atoms with Gasteiger partial charge in [-0.05, 0) is 12.5 Å². The molecule has 0 saturated carbocycles. The Bertz CT molecular complexity index is 799. The van der Waals surface area contributed by atoms with Gasteiger partial charge in [0.25, 0.3) is 5.69 Å². The molecule has 0 aliphatic rings. The Balaban J connectivity index is 2.18. The highest BCUT2D eigenvalue weighted by Crippen LogP contribution is 2.33. The molecule has 1 aromatic heterocycles. The molecule has 0 aliphatic carbocycles. The SMILES string of the molecule is Cc1c(C(F)(F)F)nn(C)c1NC(=O)Cc1cccc([N+](=O)[O-])c1. The fourth-order valence-corrected chi connectivity index (χ4v) is 2.22. The summed E-state index contributed by atoms with van der Waals surface area (Å²) in [6, 6.07) is 5.46. The summed E-state index contributed by atoms with van der Waals surface area (Å²) in [6.07, 6.45) is -4.83. The number of aromatic nitrogens is 2. The molecule has 1 N–H and O–H groups in total. The number of amides is 1. The van der Waals surface area contributed by atoms with Gasteiger partial charge in [0.05, 0.1) is 11.3 Å². The fraction of sp³-hybridized carbons (Fsp3) is 0.286. The lowest BCUT2D eigenvalue weighted by Crippen LogP contribution is -2.17. The summed E-state index contributed by atoms with van der Waals surface area (Å²) in [5.74, 6) is -0.673. The minimum atomic E-state index is -4.62. The van der Waals surface area contributed by atoms with Gasteiger partial charge in [0.1, 0.15) is 5.82 Å². The standard InChI is InChI=1S/C14H13F3N4O3/c1-8-12(14(15,16)17)19-20(2)13(8)18-11(22)7-9-4-3-5-10(6-9)21(23)24/h3-6H,7H2,1-2H3,(H,18,22). The molecule has 0 saturated heterocycles. The van der Waals surface area contributed by atoms with E-state index in [4.69, 9.17) is 0 Å². The lowest BCUT2D eigenvalue weighted by molar-refractivity contribution is -0.384. The van der Waals surface area contributed by atoms with Crippen molar-refractivity contribution >= 4 is 17.4 Å². The third-order valence-electron chi connectivity index (χ3n) is 3.30. The summed E-state index contributed by atoms with van der Waals surface area (Å²) in [4.78, 5) is 22.1. The normalized spacial score (nSPS) is 11.4. The van der Waals surface area contributed by atoms with Crippen LogP contribution >= 0.6 is 0 Å². The van der Waals surface area contributed by atoms with E-state index in [1.165, 1.54) is 38.2 Å². The molecular formula is C14H13F3N4O3. The highest BCUT2D eigenvalue weighted by molar-refractivity contribution is 5.92. The number of non-ortho nitro benzene ring substituents is 1. The van der Waals surface area contributed by atoms with Gasteiger partial charge in [0.2, 0.25) is 5.91 Å². The molecule has 1 aromatic carbocycles. The van der Waals surface area contributed by atoms with Crippen molar-refractivity contribution in [2.75, 3.05) is 5.32 Å². The predicted molar refractivity (Wildman–Crippen MR) is 78.4 cm³/mol. The van der Waals surface area contributed by atoms with Gasteiger partial charge in [-0.3, -0.25) is 19.6 Å². The summed E-state index contributed by atoms with van der Waals surface area (Å²) >= 11 is 0. The van der Waals surface area contributed by atoms with Crippen molar-refractivity contribution in [3.63, 3.8) is 0 Å². The molecule has 0 unspecified atom stereocenters. The molecule has 0 spiro atoms. The van der Waals surface area contributed by atoms with Gasteiger partial charge < -0.3 is 5.32 Å². The van der Waals surface area contributed by atoms with Gasteiger partial charge in [-0.25, -0.2) is 0 Å². The number of carbonyl (C=O) groups is 1. The number of nitrogens with zero attached hydrogens (tertiary/aromatic N) is 3. The second-order valence-corrected chi connectivity index (χ2v) is 5.10. The number of anilines is 1. The Morgan fingerprint density at radius 1 is 1.42 bits per heavy atom. The highest BCUT2D eigenvalue weighted by atomic mass is 19.4. The number of halogens is 3. The summed E-state index contributed by atoms with van der Waals surface area (Å²) in [5.41, 5.74) is -1.07. The Morgan fingerprint density at radius 3 is 2.62 bits per heavy atom. The van der Waals surface area contributed by atoms with Crippen molar-refractivity contribution in [2.24, 2.45) is 7.05 Å². The smallest absolute Gasteiger partial charge is 0.310 e. The van der Waals surface area contributed by atoms with Gasteiger partial charge in [0.15, 0.2) is 5.69 Å². The molecule has 128 valence electrons. The fourth-order valence-electron chi connectivity index (χ4n) is 2.22. The summed E-state index contributed by atoms with van der Waals surface area (Å²) in [5, 5.41) is 16.4. The van der Waals surface area contributed by atoms with E-state index in [0.29, 0.717) is 5.56 Å². The van der Waals surface area contributed by atoms with Gasteiger partial charge in [-0.15, -0.1) is 0 Å². The second kappa shape index (κ2) is 6.30. The average Bonchev–Trinajstić information content (AvgIpc) is 2.75. The van der Waals surface area contributed by atoms with Crippen LogP contribution in [0.1, 0.15) is 16.8 Å². The van der Waals surface area contributed by atoms with E-state index in [1.54, 1.807) is 0 Å². The zero-order valence-corrected chi connectivity index (χ0v) is 12.7. The molecular weight excluding hydrogens is 329 g/mol. The molecule has 0 radical (unpaired) electrons.